The predicted molar refractivity (Wildman–Crippen MR) is 60.8 cm³/mol. The van der Waals surface area contributed by atoms with Crippen molar-refractivity contribution in [3.63, 3.8) is 0 Å². The molecule has 0 aromatic carbocycles. The SMILES string of the molecule is Cc1nc2c(C(=O)O)cnn2c(C)c1CC(=O)O. The number of rotatable bonds is 3. The van der Waals surface area contributed by atoms with Gasteiger partial charge in [-0.1, -0.05) is 0 Å². The van der Waals surface area contributed by atoms with E-state index in [-0.39, 0.29) is 17.6 Å². The third kappa shape index (κ3) is 1.79. The van der Waals surface area contributed by atoms with Gasteiger partial charge in [-0.25, -0.2) is 14.3 Å². The molecule has 0 saturated heterocycles. The molecule has 0 bridgehead atoms. The first-order chi connectivity index (χ1) is 8.41. The minimum Gasteiger partial charge on any atom is -0.481 e. The zero-order valence-electron chi connectivity index (χ0n) is 9.84. The van der Waals surface area contributed by atoms with Crippen LogP contribution in [-0.2, 0) is 11.2 Å². The number of fused-ring (bicyclic) bond motifs is 1. The maximum absolute atomic E-state index is 11.0. The molecule has 0 radical (unpaired) electrons. The van der Waals surface area contributed by atoms with Crippen LogP contribution in [0.25, 0.3) is 5.65 Å². The van der Waals surface area contributed by atoms with E-state index in [1.165, 1.54) is 10.7 Å². The van der Waals surface area contributed by atoms with Crippen LogP contribution in [0.1, 0.15) is 27.3 Å². The molecular formula is C11H11N3O4. The van der Waals surface area contributed by atoms with Gasteiger partial charge in [0.1, 0.15) is 5.56 Å². The summed E-state index contributed by atoms with van der Waals surface area (Å²) in [5.41, 5.74) is 1.88. The fourth-order valence-corrected chi connectivity index (χ4v) is 1.87. The van der Waals surface area contributed by atoms with Crippen molar-refractivity contribution in [2.45, 2.75) is 20.3 Å². The molecular weight excluding hydrogens is 238 g/mol. The number of aryl methyl sites for hydroxylation is 2. The largest absolute Gasteiger partial charge is 0.481 e. The van der Waals surface area contributed by atoms with Gasteiger partial charge >= 0.3 is 11.9 Å². The molecule has 0 amide bonds. The Bertz CT molecular complexity index is 660. The molecule has 0 aliphatic heterocycles. The predicted octanol–water partition coefficient (Wildman–Crippen LogP) is 0.671. The van der Waals surface area contributed by atoms with E-state index in [9.17, 15) is 9.59 Å². The Morgan fingerprint density at radius 3 is 2.56 bits per heavy atom. The molecule has 2 heterocycles. The summed E-state index contributed by atoms with van der Waals surface area (Å²) in [4.78, 5) is 25.9. The van der Waals surface area contributed by atoms with Gasteiger partial charge < -0.3 is 10.2 Å². The lowest BCUT2D eigenvalue weighted by Crippen LogP contribution is -2.11. The van der Waals surface area contributed by atoms with Crippen LogP contribution in [0, 0.1) is 13.8 Å². The van der Waals surface area contributed by atoms with Crippen molar-refractivity contribution < 1.29 is 19.8 Å². The molecule has 0 saturated carbocycles. The van der Waals surface area contributed by atoms with Crippen molar-refractivity contribution >= 4 is 17.6 Å². The second-order valence-corrected chi connectivity index (χ2v) is 3.93. The molecule has 0 fully saturated rings. The third-order valence-corrected chi connectivity index (χ3v) is 2.77. The summed E-state index contributed by atoms with van der Waals surface area (Å²) < 4.78 is 1.36. The zero-order valence-corrected chi connectivity index (χ0v) is 9.84. The van der Waals surface area contributed by atoms with Gasteiger partial charge in [-0.15, -0.1) is 0 Å². The summed E-state index contributed by atoms with van der Waals surface area (Å²) >= 11 is 0. The summed E-state index contributed by atoms with van der Waals surface area (Å²) in [7, 11) is 0. The van der Waals surface area contributed by atoms with Crippen LogP contribution >= 0.6 is 0 Å². The Hall–Kier alpha value is -2.44. The molecule has 2 rings (SSSR count). The third-order valence-electron chi connectivity index (χ3n) is 2.77. The number of aromatic carboxylic acids is 1. The first-order valence-electron chi connectivity index (χ1n) is 5.20. The molecule has 0 spiro atoms. The highest BCUT2D eigenvalue weighted by molar-refractivity contribution is 5.94. The van der Waals surface area contributed by atoms with Crippen LogP contribution in [0.15, 0.2) is 6.20 Å². The molecule has 0 aliphatic rings. The average Bonchev–Trinajstić information content (AvgIpc) is 2.67. The molecule has 0 unspecified atom stereocenters. The molecule has 18 heavy (non-hydrogen) atoms. The van der Waals surface area contributed by atoms with E-state index < -0.39 is 11.9 Å². The number of aliphatic carboxylic acids is 1. The molecule has 0 atom stereocenters. The van der Waals surface area contributed by atoms with Gasteiger partial charge in [0.15, 0.2) is 5.65 Å². The molecule has 7 nitrogen and oxygen atoms in total. The molecule has 2 aromatic rings. The van der Waals surface area contributed by atoms with E-state index >= 15 is 0 Å². The lowest BCUT2D eigenvalue weighted by atomic mass is 10.1. The number of hydrogen-bond acceptors (Lipinski definition) is 4. The van der Waals surface area contributed by atoms with Gasteiger partial charge in [0.2, 0.25) is 0 Å². The van der Waals surface area contributed by atoms with Crippen LogP contribution in [-0.4, -0.2) is 36.7 Å². The van der Waals surface area contributed by atoms with E-state index in [0.29, 0.717) is 17.0 Å². The first-order valence-corrected chi connectivity index (χ1v) is 5.20. The van der Waals surface area contributed by atoms with Crippen LogP contribution in [0.3, 0.4) is 0 Å². The molecule has 7 heteroatoms. The Kier molecular flexibility index (Phi) is 2.74. The lowest BCUT2D eigenvalue weighted by molar-refractivity contribution is -0.136. The smallest absolute Gasteiger partial charge is 0.341 e. The van der Waals surface area contributed by atoms with E-state index in [1.54, 1.807) is 13.8 Å². The van der Waals surface area contributed by atoms with Gasteiger partial charge in [-0.05, 0) is 13.8 Å². The molecule has 0 aliphatic carbocycles. The number of aromatic nitrogens is 3. The summed E-state index contributed by atoms with van der Waals surface area (Å²) in [6.45, 7) is 3.35. The summed E-state index contributed by atoms with van der Waals surface area (Å²) in [5.74, 6) is -2.07. The standard InChI is InChI=1S/C11H11N3O4/c1-5-7(3-9(15)16)6(2)14-10(13-5)8(4-12-14)11(17)18/h4H,3H2,1-2H3,(H,15,16)(H,17,18). The summed E-state index contributed by atoms with van der Waals surface area (Å²) in [6, 6.07) is 0. The highest BCUT2D eigenvalue weighted by Gasteiger charge is 2.18. The maximum Gasteiger partial charge on any atom is 0.341 e. The second kappa shape index (κ2) is 4.10. The van der Waals surface area contributed by atoms with Gasteiger partial charge in [-0.2, -0.15) is 5.10 Å². The van der Waals surface area contributed by atoms with Crippen molar-refractivity contribution in [1.29, 1.82) is 0 Å². The van der Waals surface area contributed by atoms with Gasteiger partial charge in [-0.3, -0.25) is 4.79 Å². The normalized spacial score (nSPS) is 10.8. The van der Waals surface area contributed by atoms with Crippen LogP contribution < -0.4 is 0 Å². The monoisotopic (exact) mass is 249 g/mol. The van der Waals surface area contributed by atoms with Crippen molar-refractivity contribution in [2.75, 3.05) is 0 Å². The van der Waals surface area contributed by atoms with Crippen molar-refractivity contribution in [2.24, 2.45) is 0 Å². The van der Waals surface area contributed by atoms with E-state index in [4.69, 9.17) is 10.2 Å². The van der Waals surface area contributed by atoms with E-state index in [0.717, 1.165) is 0 Å². The first kappa shape index (κ1) is 12.0. The fraction of sp³-hybridized carbons (Fsp3) is 0.273. The number of carboxylic acids is 2. The molecule has 94 valence electrons. The van der Waals surface area contributed by atoms with Gasteiger partial charge in [0.25, 0.3) is 0 Å². The van der Waals surface area contributed by atoms with Gasteiger partial charge in [0.05, 0.1) is 12.6 Å². The van der Waals surface area contributed by atoms with Crippen LogP contribution in [0.4, 0.5) is 0 Å². The topological polar surface area (TPSA) is 105 Å². The minimum absolute atomic E-state index is 0.00285. The quantitative estimate of drug-likeness (QED) is 0.828. The Morgan fingerprint density at radius 2 is 2.00 bits per heavy atom. The second-order valence-electron chi connectivity index (χ2n) is 3.93. The van der Waals surface area contributed by atoms with Crippen LogP contribution in [0.5, 0.6) is 0 Å². The Balaban J connectivity index is 2.72. The van der Waals surface area contributed by atoms with E-state index in [2.05, 4.69) is 10.1 Å². The fourth-order valence-electron chi connectivity index (χ4n) is 1.87. The summed E-state index contributed by atoms with van der Waals surface area (Å²) in [5, 5.41) is 21.7. The van der Waals surface area contributed by atoms with Crippen LogP contribution in [0.2, 0.25) is 0 Å². The maximum atomic E-state index is 11.0. The van der Waals surface area contributed by atoms with Crippen molar-refractivity contribution in [1.82, 2.24) is 14.6 Å². The highest BCUT2D eigenvalue weighted by Crippen LogP contribution is 2.17. The lowest BCUT2D eigenvalue weighted by Gasteiger charge is -2.09. The molecule has 2 aromatic heterocycles. The zero-order chi connectivity index (χ0) is 13.4. The number of carbonyl (C=O) groups is 2. The average molecular weight is 249 g/mol. The number of hydrogen-bond donors (Lipinski definition) is 2. The molecule has 2 N–H and O–H groups in total. The number of carboxylic acid groups (broad SMARTS) is 2. The Labute approximate surface area is 102 Å². The Morgan fingerprint density at radius 1 is 1.33 bits per heavy atom. The number of nitrogens with zero attached hydrogens (tertiary/aromatic N) is 3. The van der Waals surface area contributed by atoms with Gasteiger partial charge in [0, 0.05) is 17.0 Å². The highest BCUT2D eigenvalue weighted by atomic mass is 16.4. The van der Waals surface area contributed by atoms with Crippen molar-refractivity contribution in [3.8, 4) is 0 Å². The minimum atomic E-state index is -1.11. The van der Waals surface area contributed by atoms with Crippen molar-refractivity contribution in [3.05, 3.63) is 28.7 Å². The summed E-state index contributed by atoms with van der Waals surface area (Å²) in [6.07, 6.45) is 1.05. The van der Waals surface area contributed by atoms with E-state index in [1.807, 2.05) is 0 Å².